The predicted molar refractivity (Wildman–Crippen MR) is 132 cm³/mol. The van der Waals surface area contributed by atoms with E-state index in [0.29, 0.717) is 51.2 Å². The molecule has 0 atom stereocenters. The number of aromatic nitrogens is 3. The van der Waals surface area contributed by atoms with E-state index in [2.05, 4.69) is 20.2 Å². The number of methoxy groups -OCH3 is 1. The molecule has 10 nitrogen and oxygen atoms in total. The van der Waals surface area contributed by atoms with Gasteiger partial charge in [0.1, 0.15) is 0 Å². The fourth-order valence-corrected chi connectivity index (χ4v) is 6.10. The van der Waals surface area contributed by atoms with Crippen LogP contribution in [0.3, 0.4) is 0 Å². The Morgan fingerprint density at radius 3 is 2.50 bits per heavy atom. The van der Waals surface area contributed by atoms with Gasteiger partial charge in [-0.1, -0.05) is 0 Å². The number of thiophene rings is 1. The molecule has 0 radical (unpaired) electrons. The number of nitrogens with zero attached hydrogens (tertiary/aromatic N) is 6. The van der Waals surface area contributed by atoms with E-state index in [1.165, 1.54) is 6.26 Å². The molecule has 3 aromatic rings. The molecule has 2 aliphatic heterocycles. The Morgan fingerprint density at radius 2 is 1.85 bits per heavy atom. The van der Waals surface area contributed by atoms with Gasteiger partial charge in [-0.15, -0.1) is 11.3 Å². The standard InChI is InChI=1S/C22H28N6O4S2/c1-31-18-4-3-16(13-23-18)19-21-20(25-22(24-19)27-9-11-32-12-10-27)17(15-33-21)14-26-5-7-28(8-6-26)34(2,29)30/h3-4,13,15H,5-12,14H2,1-2H3. The maximum Gasteiger partial charge on any atom is 0.226 e. The number of hydrogen-bond donors (Lipinski definition) is 0. The highest BCUT2D eigenvalue weighted by Crippen LogP contribution is 2.35. The van der Waals surface area contributed by atoms with Gasteiger partial charge in [0.05, 0.1) is 42.5 Å². The van der Waals surface area contributed by atoms with E-state index < -0.39 is 10.0 Å². The first-order valence-corrected chi connectivity index (χ1v) is 13.9. The molecule has 0 aromatic carbocycles. The second-order valence-electron chi connectivity index (χ2n) is 8.44. The van der Waals surface area contributed by atoms with Crippen LogP contribution in [0.2, 0.25) is 0 Å². The fourth-order valence-electron chi connectivity index (χ4n) is 4.27. The van der Waals surface area contributed by atoms with Gasteiger partial charge in [-0.05, 0) is 11.4 Å². The summed E-state index contributed by atoms with van der Waals surface area (Å²) in [5, 5.41) is 2.14. The molecule has 0 spiro atoms. The lowest BCUT2D eigenvalue weighted by molar-refractivity contribution is 0.122. The summed E-state index contributed by atoms with van der Waals surface area (Å²) >= 11 is 1.63. The van der Waals surface area contributed by atoms with Crippen LogP contribution in [0.15, 0.2) is 23.7 Å². The molecule has 0 bridgehead atoms. The van der Waals surface area contributed by atoms with Gasteiger partial charge < -0.3 is 14.4 Å². The van der Waals surface area contributed by atoms with Gasteiger partial charge in [-0.25, -0.2) is 23.4 Å². The molecule has 2 aliphatic rings. The van der Waals surface area contributed by atoms with Crippen LogP contribution < -0.4 is 9.64 Å². The van der Waals surface area contributed by atoms with Gasteiger partial charge in [0.25, 0.3) is 0 Å². The molecule has 182 valence electrons. The normalized spacial score (nSPS) is 18.5. The number of sulfonamides is 1. The lowest BCUT2D eigenvalue weighted by Crippen LogP contribution is -2.47. The van der Waals surface area contributed by atoms with Gasteiger partial charge in [0, 0.05) is 69.2 Å². The fraction of sp³-hybridized carbons (Fsp3) is 0.500. The Balaban J connectivity index is 1.48. The number of morpholine rings is 1. The lowest BCUT2D eigenvalue weighted by atomic mass is 10.1. The van der Waals surface area contributed by atoms with Crippen molar-refractivity contribution in [1.82, 2.24) is 24.2 Å². The van der Waals surface area contributed by atoms with Crippen LogP contribution >= 0.6 is 11.3 Å². The van der Waals surface area contributed by atoms with E-state index >= 15 is 0 Å². The molecule has 5 heterocycles. The highest BCUT2D eigenvalue weighted by Gasteiger charge is 2.25. The van der Waals surface area contributed by atoms with Crippen molar-refractivity contribution in [3.05, 3.63) is 29.3 Å². The van der Waals surface area contributed by atoms with Crippen LogP contribution in [-0.2, 0) is 21.3 Å². The van der Waals surface area contributed by atoms with Crippen molar-refractivity contribution in [2.24, 2.45) is 0 Å². The summed E-state index contributed by atoms with van der Waals surface area (Å²) in [6.45, 7) is 5.94. The van der Waals surface area contributed by atoms with Crippen molar-refractivity contribution >= 4 is 37.5 Å². The minimum absolute atomic E-state index is 0.512. The summed E-state index contributed by atoms with van der Waals surface area (Å²) in [5.41, 5.74) is 3.85. The smallest absolute Gasteiger partial charge is 0.226 e. The van der Waals surface area contributed by atoms with Crippen LogP contribution in [0.5, 0.6) is 5.88 Å². The van der Waals surface area contributed by atoms with Crippen LogP contribution in [0.4, 0.5) is 5.95 Å². The number of piperazine rings is 1. The van der Waals surface area contributed by atoms with Crippen LogP contribution in [0.25, 0.3) is 21.5 Å². The average Bonchev–Trinajstić information content (AvgIpc) is 3.26. The molecular weight excluding hydrogens is 476 g/mol. The molecule has 34 heavy (non-hydrogen) atoms. The van der Waals surface area contributed by atoms with E-state index in [9.17, 15) is 8.42 Å². The number of fused-ring (bicyclic) bond motifs is 1. The Hall–Kier alpha value is -2.38. The summed E-state index contributed by atoms with van der Waals surface area (Å²) in [5.74, 6) is 1.26. The number of hydrogen-bond acceptors (Lipinski definition) is 10. The largest absolute Gasteiger partial charge is 0.481 e. The van der Waals surface area contributed by atoms with E-state index in [-0.39, 0.29) is 0 Å². The van der Waals surface area contributed by atoms with Crippen LogP contribution in [0.1, 0.15) is 5.56 Å². The molecular formula is C22H28N6O4S2. The molecule has 5 rings (SSSR count). The molecule has 0 aliphatic carbocycles. The van der Waals surface area contributed by atoms with E-state index in [4.69, 9.17) is 19.4 Å². The highest BCUT2D eigenvalue weighted by molar-refractivity contribution is 7.88. The third-order valence-electron chi connectivity index (χ3n) is 6.18. The lowest BCUT2D eigenvalue weighted by Gasteiger charge is -2.33. The van der Waals surface area contributed by atoms with Crippen molar-refractivity contribution in [2.75, 3.05) is 70.7 Å². The zero-order valence-electron chi connectivity index (χ0n) is 19.3. The Morgan fingerprint density at radius 1 is 1.09 bits per heavy atom. The highest BCUT2D eigenvalue weighted by atomic mass is 32.2. The summed E-state index contributed by atoms with van der Waals surface area (Å²) in [6.07, 6.45) is 3.06. The minimum Gasteiger partial charge on any atom is -0.481 e. The van der Waals surface area contributed by atoms with Crippen molar-refractivity contribution in [2.45, 2.75) is 6.54 Å². The van der Waals surface area contributed by atoms with Crippen LogP contribution in [-0.4, -0.2) is 98.4 Å². The number of rotatable bonds is 6. The molecule has 0 amide bonds. The zero-order valence-corrected chi connectivity index (χ0v) is 20.9. The predicted octanol–water partition coefficient (Wildman–Crippen LogP) is 1.68. The molecule has 3 aromatic heterocycles. The summed E-state index contributed by atoms with van der Waals surface area (Å²) < 4.78 is 37.0. The third kappa shape index (κ3) is 4.86. The summed E-state index contributed by atoms with van der Waals surface area (Å²) in [4.78, 5) is 18.8. The number of ether oxygens (including phenoxy) is 2. The van der Waals surface area contributed by atoms with Crippen molar-refractivity contribution < 1.29 is 17.9 Å². The molecule has 2 fully saturated rings. The number of pyridine rings is 1. The first-order chi connectivity index (χ1) is 16.4. The minimum atomic E-state index is -3.15. The Bertz CT molecular complexity index is 1250. The maximum absolute atomic E-state index is 11.9. The van der Waals surface area contributed by atoms with Crippen molar-refractivity contribution in [1.29, 1.82) is 0 Å². The third-order valence-corrected chi connectivity index (χ3v) is 8.51. The zero-order chi connectivity index (χ0) is 23.7. The van der Waals surface area contributed by atoms with Gasteiger partial charge in [-0.2, -0.15) is 4.31 Å². The SMILES string of the molecule is COc1ccc(-c2nc(N3CCOCC3)nc3c(CN4CCN(S(C)(=O)=O)CC4)csc23)cn1. The number of anilines is 1. The molecule has 0 saturated carbocycles. The van der Waals surface area contributed by atoms with Crippen molar-refractivity contribution in [3.8, 4) is 17.1 Å². The molecule has 2 saturated heterocycles. The summed E-state index contributed by atoms with van der Waals surface area (Å²) in [7, 11) is -1.55. The molecule has 0 unspecified atom stereocenters. The maximum atomic E-state index is 11.9. The average molecular weight is 505 g/mol. The Labute approximate surface area is 203 Å². The second-order valence-corrected chi connectivity index (χ2v) is 11.3. The van der Waals surface area contributed by atoms with E-state index in [0.717, 1.165) is 46.7 Å². The van der Waals surface area contributed by atoms with Gasteiger partial charge in [0.15, 0.2) is 0 Å². The van der Waals surface area contributed by atoms with E-state index in [1.54, 1.807) is 28.9 Å². The van der Waals surface area contributed by atoms with Crippen molar-refractivity contribution in [3.63, 3.8) is 0 Å². The summed E-state index contributed by atoms with van der Waals surface area (Å²) in [6, 6.07) is 3.81. The quantitative estimate of drug-likeness (QED) is 0.496. The van der Waals surface area contributed by atoms with Gasteiger partial charge >= 0.3 is 0 Å². The second kappa shape index (κ2) is 9.70. The van der Waals surface area contributed by atoms with Gasteiger partial charge in [0.2, 0.25) is 21.9 Å². The first kappa shape index (κ1) is 23.4. The monoisotopic (exact) mass is 504 g/mol. The van der Waals surface area contributed by atoms with Crippen LogP contribution in [0, 0.1) is 0 Å². The topological polar surface area (TPSA) is 101 Å². The molecule has 12 heteroatoms. The van der Waals surface area contributed by atoms with Gasteiger partial charge in [-0.3, -0.25) is 4.90 Å². The van der Waals surface area contributed by atoms with E-state index in [1.807, 2.05) is 12.1 Å². The first-order valence-electron chi connectivity index (χ1n) is 11.2. The Kier molecular flexibility index (Phi) is 6.67. The molecule has 0 N–H and O–H groups in total.